The summed E-state index contributed by atoms with van der Waals surface area (Å²) in [6.07, 6.45) is -1.07. The van der Waals surface area contributed by atoms with Crippen LogP contribution < -0.4 is 0 Å². The molecule has 0 amide bonds. The topological polar surface area (TPSA) is 64.3 Å². The zero-order valence-electron chi connectivity index (χ0n) is 16.0. The lowest BCUT2D eigenvalue weighted by Crippen LogP contribution is -2.13. The lowest BCUT2D eigenvalue weighted by molar-refractivity contribution is -0.148. The number of hydrogen-bond donors (Lipinski definition) is 1. The average Bonchev–Trinajstić information content (AvgIpc) is 3.09. The van der Waals surface area contributed by atoms with Crippen LogP contribution in [0.25, 0.3) is 22.4 Å². The van der Waals surface area contributed by atoms with Gasteiger partial charge in [0, 0.05) is 17.7 Å². The average molecular weight is 425 g/mol. The molecule has 0 aliphatic heterocycles. The highest BCUT2D eigenvalue weighted by atomic mass is 35.5. The molecule has 0 radical (unpaired) electrons. The van der Waals surface area contributed by atoms with Crippen molar-refractivity contribution in [2.75, 3.05) is 7.11 Å². The number of hydrogen-bond acceptors (Lipinski definition) is 3. The van der Waals surface area contributed by atoms with Gasteiger partial charge in [-0.1, -0.05) is 48.0 Å². The Morgan fingerprint density at radius 3 is 2.70 bits per heavy atom. The number of benzene rings is 3. The third-order valence-electron chi connectivity index (χ3n) is 4.91. The van der Waals surface area contributed by atoms with Crippen LogP contribution in [-0.4, -0.2) is 27.7 Å². The largest absolute Gasteiger partial charge is 0.479 e. The minimum Gasteiger partial charge on any atom is -0.479 e. The van der Waals surface area contributed by atoms with Crippen molar-refractivity contribution in [1.29, 1.82) is 0 Å². The first kappa shape index (κ1) is 20.1. The number of carboxylic acids is 1. The van der Waals surface area contributed by atoms with Gasteiger partial charge in [0.05, 0.1) is 17.6 Å². The molecule has 0 aliphatic carbocycles. The highest BCUT2D eigenvalue weighted by molar-refractivity contribution is 6.31. The zero-order chi connectivity index (χ0) is 21.3. The highest BCUT2D eigenvalue weighted by Crippen LogP contribution is 2.30. The molecule has 0 bridgehead atoms. The molecule has 3 aromatic carbocycles. The minimum absolute atomic E-state index is 0.331. The third-order valence-corrected chi connectivity index (χ3v) is 5.26. The summed E-state index contributed by atoms with van der Waals surface area (Å²) in [5, 5.41) is 9.75. The van der Waals surface area contributed by atoms with Crippen molar-refractivity contribution in [2.45, 2.75) is 12.6 Å². The van der Waals surface area contributed by atoms with E-state index in [0.29, 0.717) is 23.0 Å². The monoisotopic (exact) mass is 424 g/mol. The lowest BCUT2D eigenvalue weighted by Gasteiger charge is -2.14. The van der Waals surface area contributed by atoms with E-state index in [2.05, 4.69) is 0 Å². The van der Waals surface area contributed by atoms with Crippen molar-refractivity contribution in [2.24, 2.45) is 0 Å². The normalized spacial score (nSPS) is 12.2. The molecule has 5 nitrogen and oxygen atoms in total. The predicted molar refractivity (Wildman–Crippen MR) is 113 cm³/mol. The SMILES string of the molecule is COC(C(=O)O)c1cccc(-c2nc3ccccc3n2Cc2ccc(F)cc2Cl)c1. The van der Waals surface area contributed by atoms with Crippen LogP contribution >= 0.6 is 11.6 Å². The van der Waals surface area contributed by atoms with E-state index in [1.807, 2.05) is 34.9 Å². The fourth-order valence-corrected chi connectivity index (χ4v) is 3.72. The fraction of sp³-hybridized carbons (Fsp3) is 0.130. The summed E-state index contributed by atoms with van der Waals surface area (Å²) in [5.74, 6) is -0.814. The number of carboxylic acid groups (broad SMARTS) is 1. The number of imidazole rings is 1. The molecule has 0 saturated carbocycles. The van der Waals surface area contributed by atoms with Gasteiger partial charge in [-0.15, -0.1) is 0 Å². The molecule has 152 valence electrons. The molecule has 0 aliphatic rings. The summed E-state index contributed by atoms with van der Waals surface area (Å²) in [7, 11) is 1.36. The Morgan fingerprint density at radius 2 is 1.97 bits per heavy atom. The van der Waals surface area contributed by atoms with Crippen LogP contribution in [0.4, 0.5) is 4.39 Å². The van der Waals surface area contributed by atoms with Gasteiger partial charge < -0.3 is 14.4 Å². The van der Waals surface area contributed by atoms with E-state index in [1.165, 1.54) is 19.2 Å². The Labute approximate surface area is 177 Å². The molecule has 0 fully saturated rings. The highest BCUT2D eigenvalue weighted by Gasteiger charge is 2.21. The first-order valence-electron chi connectivity index (χ1n) is 9.23. The molecule has 1 aromatic heterocycles. The number of para-hydroxylation sites is 2. The van der Waals surface area contributed by atoms with Crippen LogP contribution in [0, 0.1) is 5.82 Å². The Morgan fingerprint density at radius 1 is 1.17 bits per heavy atom. The predicted octanol–water partition coefficient (Wildman–Crippen LogP) is 5.32. The molecular weight excluding hydrogens is 407 g/mol. The van der Waals surface area contributed by atoms with Crippen LogP contribution in [-0.2, 0) is 16.1 Å². The van der Waals surface area contributed by atoms with Crippen LogP contribution in [0.15, 0.2) is 66.7 Å². The van der Waals surface area contributed by atoms with Gasteiger partial charge in [0.1, 0.15) is 11.6 Å². The van der Waals surface area contributed by atoms with Gasteiger partial charge in [-0.2, -0.15) is 0 Å². The van der Waals surface area contributed by atoms with Crippen molar-refractivity contribution >= 4 is 28.6 Å². The van der Waals surface area contributed by atoms with Gasteiger partial charge in [-0.3, -0.25) is 0 Å². The number of nitrogens with zero attached hydrogens (tertiary/aromatic N) is 2. The van der Waals surface area contributed by atoms with Crippen LogP contribution in [0.5, 0.6) is 0 Å². The summed E-state index contributed by atoms with van der Waals surface area (Å²) in [4.78, 5) is 16.3. The van der Waals surface area contributed by atoms with E-state index in [1.54, 1.807) is 24.3 Å². The number of methoxy groups -OCH3 is 1. The Kier molecular flexibility index (Phi) is 5.53. The van der Waals surface area contributed by atoms with Crippen molar-refractivity contribution in [3.63, 3.8) is 0 Å². The van der Waals surface area contributed by atoms with E-state index in [9.17, 15) is 14.3 Å². The second-order valence-corrected chi connectivity index (χ2v) is 7.23. The Hall–Kier alpha value is -3.22. The first-order chi connectivity index (χ1) is 14.5. The number of carbonyl (C=O) groups is 1. The zero-order valence-corrected chi connectivity index (χ0v) is 16.8. The van der Waals surface area contributed by atoms with Gasteiger partial charge in [0.25, 0.3) is 0 Å². The minimum atomic E-state index is -1.07. The van der Waals surface area contributed by atoms with Crippen molar-refractivity contribution in [3.05, 3.63) is 88.7 Å². The smallest absolute Gasteiger partial charge is 0.337 e. The van der Waals surface area contributed by atoms with Crippen LogP contribution in [0.2, 0.25) is 5.02 Å². The van der Waals surface area contributed by atoms with Gasteiger partial charge in [0.15, 0.2) is 6.10 Å². The number of fused-ring (bicyclic) bond motifs is 1. The molecular formula is C23H18ClFN2O3. The molecule has 1 unspecified atom stereocenters. The summed E-state index contributed by atoms with van der Waals surface area (Å²) in [6, 6.07) is 19.1. The number of rotatable bonds is 6. The van der Waals surface area contributed by atoms with Gasteiger partial charge in [-0.25, -0.2) is 14.2 Å². The quantitative estimate of drug-likeness (QED) is 0.455. The molecule has 0 saturated heterocycles. The molecule has 30 heavy (non-hydrogen) atoms. The fourth-order valence-electron chi connectivity index (χ4n) is 3.50. The van der Waals surface area contributed by atoms with Gasteiger partial charge in [0.2, 0.25) is 0 Å². The second-order valence-electron chi connectivity index (χ2n) is 6.83. The molecule has 4 rings (SSSR count). The van der Waals surface area contributed by atoms with Crippen LogP contribution in [0.1, 0.15) is 17.2 Å². The summed E-state index contributed by atoms with van der Waals surface area (Å²) >= 11 is 6.26. The van der Waals surface area contributed by atoms with Gasteiger partial charge in [-0.05, 0) is 41.5 Å². The molecule has 7 heteroatoms. The number of aliphatic carboxylic acids is 1. The molecule has 0 spiro atoms. The standard InChI is InChI=1S/C23H18ClFN2O3/c1-30-21(23(28)29)14-5-4-6-15(11-14)22-26-19-7-2-3-8-20(19)27(22)13-16-9-10-17(25)12-18(16)24/h2-12,21H,13H2,1H3,(H,28,29). The summed E-state index contributed by atoms with van der Waals surface area (Å²) < 4.78 is 20.6. The van der Waals surface area contributed by atoms with E-state index in [0.717, 1.165) is 22.2 Å². The second kappa shape index (κ2) is 8.26. The maximum Gasteiger partial charge on any atom is 0.337 e. The van der Waals surface area contributed by atoms with E-state index in [4.69, 9.17) is 21.3 Å². The maximum atomic E-state index is 13.5. The van der Waals surface area contributed by atoms with Crippen molar-refractivity contribution in [1.82, 2.24) is 9.55 Å². The number of halogens is 2. The molecule has 4 aromatic rings. The summed E-state index contributed by atoms with van der Waals surface area (Å²) in [5.41, 5.74) is 3.68. The van der Waals surface area contributed by atoms with Crippen molar-refractivity contribution in [3.8, 4) is 11.4 Å². The Bertz CT molecular complexity index is 1240. The summed E-state index contributed by atoms with van der Waals surface area (Å²) in [6.45, 7) is 0.381. The third kappa shape index (κ3) is 3.79. The van der Waals surface area contributed by atoms with E-state index < -0.39 is 17.9 Å². The first-order valence-corrected chi connectivity index (χ1v) is 9.61. The number of ether oxygens (including phenoxy) is 1. The molecule has 1 heterocycles. The Balaban J connectivity index is 1.86. The lowest BCUT2D eigenvalue weighted by atomic mass is 10.1. The van der Waals surface area contributed by atoms with Crippen molar-refractivity contribution < 1.29 is 19.0 Å². The van der Waals surface area contributed by atoms with E-state index in [-0.39, 0.29) is 0 Å². The maximum absolute atomic E-state index is 13.5. The molecule has 1 atom stereocenters. The van der Waals surface area contributed by atoms with Gasteiger partial charge >= 0.3 is 5.97 Å². The van der Waals surface area contributed by atoms with E-state index >= 15 is 0 Å². The number of aromatic nitrogens is 2. The van der Waals surface area contributed by atoms with Crippen LogP contribution in [0.3, 0.4) is 0 Å². The molecule has 1 N–H and O–H groups in total.